The van der Waals surface area contributed by atoms with Gasteiger partial charge in [0.15, 0.2) is 11.5 Å². The number of sulfonamides is 2. The lowest BCUT2D eigenvalue weighted by Gasteiger charge is -2.10. The number of hydrogen-bond acceptors (Lipinski definition) is 15. The maximum atomic E-state index is 12.6. The van der Waals surface area contributed by atoms with E-state index in [1.807, 2.05) is 4.72 Å². The quantitative estimate of drug-likeness (QED) is 0.0516. The minimum Gasteiger partial charge on any atom is -0.493 e. The number of esters is 1. The lowest BCUT2D eigenvalue weighted by molar-refractivity contribution is -0.757. The van der Waals surface area contributed by atoms with Crippen LogP contribution >= 0.6 is 11.3 Å². The Bertz CT molecular complexity index is 1820. The van der Waals surface area contributed by atoms with Gasteiger partial charge < -0.3 is 19.4 Å². The fraction of sp³-hybridized carbons (Fsp3) is 0.174. The molecule has 1 amide bonds. The first-order valence-corrected chi connectivity index (χ1v) is 15.6. The normalized spacial score (nSPS) is 11.5. The van der Waals surface area contributed by atoms with Crippen LogP contribution in [0.3, 0.4) is 0 Å². The Kier molecular flexibility index (Phi) is 10.9. The zero-order chi connectivity index (χ0) is 32.5. The van der Waals surface area contributed by atoms with Crippen LogP contribution in [0.5, 0.6) is 11.5 Å². The van der Waals surface area contributed by atoms with Gasteiger partial charge in [0.05, 0.1) is 24.2 Å². The van der Waals surface area contributed by atoms with E-state index in [-0.39, 0.29) is 36.5 Å². The smallest absolute Gasteiger partial charge is 0.335 e. The van der Waals surface area contributed by atoms with Gasteiger partial charge in [-0.25, -0.2) is 17.9 Å². The highest BCUT2D eigenvalue weighted by atomic mass is 32.2. The van der Waals surface area contributed by atoms with Gasteiger partial charge in [0.1, 0.15) is 0 Å². The summed E-state index contributed by atoms with van der Waals surface area (Å²) in [7, 11) is -7.64. The number of carboxylic acid groups (broad SMARTS) is 1. The van der Waals surface area contributed by atoms with E-state index >= 15 is 0 Å². The number of amides is 1. The maximum absolute atomic E-state index is 12.6. The molecule has 21 heteroatoms. The van der Waals surface area contributed by atoms with Gasteiger partial charge >= 0.3 is 11.9 Å². The molecule has 0 radical (unpaired) electrons. The molecule has 1 aromatic heterocycles. The zero-order valence-corrected chi connectivity index (χ0v) is 24.7. The number of carboxylic acids is 1. The van der Waals surface area contributed by atoms with Crippen molar-refractivity contribution in [3.8, 4) is 11.5 Å². The molecule has 18 nitrogen and oxygen atoms in total. The van der Waals surface area contributed by atoms with Crippen LogP contribution in [-0.2, 0) is 34.5 Å². The molecule has 3 aromatic rings. The number of anilines is 1. The average Bonchev–Trinajstić information content (AvgIpc) is 3.43. The predicted molar refractivity (Wildman–Crippen MR) is 149 cm³/mol. The van der Waals surface area contributed by atoms with E-state index in [2.05, 4.69) is 15.0 Å². The number of nitrogens with one attached hydrogen (secondary N) is 2. The number of nitrogens with zero attached hydrogens (tertiary/aromatic N) is 3. The molecule has 0 aliphatic rings. The highest BCUT2D eigenvalue weighted by molar-refractivity contribution is 7.93. The Morgan fingerprint density at radius 1 is 1.07 bits per heavy atom. The van der Waals surface area contributed by atoms with Crippen LogP contribution in [0.2, 0.25) is 0 Å². The van der Waals surface area contributed by atoms with Crippen LogP contribution in [0.25, 0.3) is 6.08 Å². The Morgan fingerprint density at radius 2 is 1.82 bits per heavy atom. The van der Waals surface area contributed by atoms with Crippen molar-refractivity contribution in [3.63, 3.8) is 0 Å². The predicted octanol–water partition coefficient (Wildman–Crippen LogP) is 1.46. The molecule has 3 N–H and O–H groups in total. The first-order valence-electron chi connectivity index (χ1n) is 11.8. The largest absolute Gasteiger partial charge is 0.493 e. The van der Waals surface area contributed by atoms with E-state index < -0.39 is 57.3 Å². The first-order chi connectivity index (χ1) is 20.7. The number of carbonyl (C=O) groups is 3. The van der Waals surface area contributed by atoms with Crippen molar-refractivity contribution >= 4 is 60.4 Å². The highest BCUT2D eigenvalue weighted by Crippen LogP contribution is 2.29. The van der Waals surface area contributed by atoms with Gasteiger partial charge in [0.25, 0.3) is 35.4 Å². The molecule has 0 aliphatic heterocycles. The van der Waals surface area contributed by atoms with Crippen LogP contribution in [0.15, 0.2) is 57.8 Å². The zero-order valence-electron chi connectivity index (χ0n) is 22.2. The maximum Gasteiger partial charge on any atom is 0.335 e. The van der Waals surface area contributed by atoms with Crippen LogP contribution in [0, 0.1) is 10.1 Å². The number of carbonyl (C=O) groups excluding carboxylic acids is 2. The molecule has 0 aliphatic carbocycles. The highest BCUT2D eigenvalue weighted by Gasteiger charge is 2.25. The van der Waals surface area contributed by atoms with E-state index in [4.69, 9.17) is 14.6 Å². The summed E-state index contributed by atoms with van der Waals surface area (Å²) in [5, 5.41) is 24.6. The summed E-state index contributed by atoms with van der Waals surface area (Å²) < 4.78 is 63.6. The third-order valence-electron chi connectivity index (χ3n) is 5.04. The molecule has 3 rings (SSSR count). The standard InChI is InChI=1S/C23H21N5O13S3/c1-39-18-12-14(7-9-17(18)41-20(30)6-3-11-40-28(33)34)8-10-19(29)26-44(37,38)23-25-24-22(42-23)27-43(35,36)16-5-2-4-15(13-16)21(31)32/h2,4-5,7-10,12-13H,3,6,11H2,1H3,(H,24,27)(H,26,29)(H,31,32)/b10-8+. The van der Waals surface area contributed by atoms with Gasteiger partial charge in [0.2, 0.25) is 5.13 Å². The summed E-state index contributed by atoms with van der Waals surface area (Å²) in [6, 6.07) is 8.56. The van der Waals surface area contributed by atoms with Crippen molar-refractivity contribution in [3.05, 3.63) is 69.8 Å². The van der Waals surface area contributed by atoms with Crippen molar-refractivity contribution in [2.75, 3.05) is 18.4 Å². The number of ether oxygens (including phenoxy) is 2. The number of aromatic nitrogens is 2. The summed E-state index contributed by atoms with van der Waals surface area (Å²) in [6.45, 7) is -0.287. The van der Waals surface area contributed by atoms with E-state index in [0.29, 0.717) is 16.9 Å². The Balaban J connectivity index is 1.62. The summed E-state index contributed by atoms with van der Waals surface area (Å²) in [6.07, 6.45) is 1.96. The van der Waals surface area contributed by atoms with Crippen LogP contribution in [0.1, 0.15) is 28.8 Å². The molecule has 0 atom stereocenters. The molecule has 44 heavy (non-hydrogen) atoms. The van der Waals surface area contributed by atoms with E-state index in [1.54, 1.807) is 4.72 Å². The molecular weight excluding hydrogens is 650 g/mol. The minimum atomic E-state index is -4.58. The molecule has 234 valence electrons. The van der Waals surface area contributed by atoms with Crippen LogP contribution in [-0.4, -0.2) is 68.8 Å². The number of hydrogen-bond donors (Lipinski definition) is 3. The molecule has 0 unspecified atom stereocenters. The number of benzene rings is 2. The topological polar surface area (TPSA) is 260 Å². The molecule has 0 fully saturated rings. The van der Waals surface area contributed by atoms with Gasteiger partial charge in [-0.1, -0.05) is 23.5 Å². The summed E-state index contributed by atoms with van der Waals surface area (Å²) in [4.78, 5) is 49.2. The Morgan fingerprint density at radius 3 is 2.50 bits per heavy atom. The van der Waals surface area contributed by atoms with Gasteiger partial charge in [-0.2, -0.15) is 8.42 Å². The fourth-order valence-corrected chi connectivity index (χ4v) is 6.24. The SMILES string of the molecule is COc1cc(/C=C/C(=O)NS(=O)(=O)c2nnc(NS(=O)(=O)c3cccc(C(=O)O)c3)s2)ccc1OC(=O)CCCO[N+](=O)[O-]. The molecular formula is C23H21N5O13S3. The second-order valence-electron chi connectivity index (χ2n) is 8.16. The van der Waals surface area contributed by atoms with E-state index in [1.165, 1.54) is 43.5 Å². The van der Waals surface area contributed by atoms with Crippen molar-refractivity contribution in [1.82, 2.24) is 14.9 Å². The number of rotatable bonds is 15. The van der Waals surface area contributed by atoms with Crippen molar-refractivity contribution < 1.29 is 55.7 Å². The second kappa shape index (κ2) is 14.3. The molecule has 0 saturated heterocycles. The fourth-order valence-electron chi connectivity index (χ4n) is 3.11. The minimum absolute atomic E-state index is 0.0224. The van der Waals surface area contributed by atoms with Gasteiger partial charge in [0, 0.05) is 12.5 Å². The lowest BCUT2D eigenvalue weighted by Crippen LogP contribution is -2.28. The summed E-state index contributed by atoms with van der Waals surface area (Å²) in [5.41, 5.74) is 0.0467. The van der Waals surface area contributed by atoms with Crippen molar-refractivity contribution in [2.45, 2.75) is 22.1 Å². The lowest BCUT2D eigenvalue weighted by atomic mass is 10.2. The van der Waals surface area contributed by atoms with Crippen molar-refractivity contribution in [2.24, 2.45) is 0 Å². The average molecular weight is 672 g/mol. The van der Waals surface area contributed by atoms with E-state index in [0.717, 1.165) is 18.2 Å². The number of aromatic carboxylic acids is 1. The number of methoxy groups -OCH3 is 1. The van der Waals surface area contributed by atoms with E-state index in [9.17, 15) is 41.3 Å². The molecule has 0 bridgehead atoms. The molecule has 1 heterocycles. The first kappa shape index (κ1) is 33.4. The Labute approximate surface area is 252 Å². The monoisotopic (exact) mass is 671 g/mol. The van der Waals surface area contributed by atoms with Gasteiger partial charge in [-0.05, 0) is 48.4 Å². The Hall–Kier alpha value is -5.15. The van der Waals surface area contributed by atoms with Gasteiger partial charge in [-0.3, -0.25) is 14.3 Å². The van der Waals surface area contributed by atoms with Crippen LogP contribution in [0.4, 0.5) is 5.13 Å². The second-order valence-corrected chi connectivity index (χ2v) is 12.7. The summed E-state index contributed by atoms with van der Waals surface area (Å²) in [5.74, 6) is -3.05. The van der Waals surface area contributed by atoms with Crippen LogP contribution < -0.4 is 18.9 Å². The molecule has 0 saturated carbocycles. The van der Waals surface area contributed by atoms with Crippen molar-refractivity contribution in [1.29, 1.82) is 0 Å². The molecule has 0 spiro atoms. The molecule has 2 aromatic carbocycles. The summed E-state index contributed by atoms with van der Waals surface area (Å²) >= 11 is 0.297. The third kappa shape index (κ3) is 9.43. The van der Waals surface area contributed by atoms with Gasteiger partial charge in [-0.15, -0.1) is 20.3 Å². The third-order valence-corrected chi connectivity index (χ3v) is 9.06.